The van der Waals surface area contributed by atoms with Crippen molar-refractivity contribution >= 4 is 24.0 Å². The molecule has 6 aromatic rings. The number of benzene rings is 3. The molecule has 1 aliphatic heterocycles. The minimum absolute atomic E-state index is 0.248. The summed E-state index contributed by atoms with van der Waals surface area (Å²) in [4.78, 5) is 78.1. The summed E-state index contributed by atoms with van der Waals surface area (Å²) >= 11 is 0. The molecule has 1 aliphatic rings. The van der Waals surface area contributed by atoms with E-state index in [-0.39, 0.29) is 11.9 Å². The van der Waals surface area contributed by atoms with Gasteiger partial charge in [-0.15, -0.1) is 0 Å². The number of imidazole rings is 2. The molecule has 0 aliphatic carbocycles. The lowest BCUT2D eigenvalue weighted by Crippen LogP contribution is -2.42. The summed E-state index contributed by atoms with van der Waals surface area (Å²) in [7, 11) is 2.51. The van der Waals surface area contributed by atoms with E-state index < -0.39 is 36.2 Å². The van der Waals surface area contributed by atoms with Gasteiger partial charge in [-0.3, -0.25) is 19.6 Å². The number of carbonyl (C=O) groups is 4. The zero-order valence-corrected chi connectivity index (χ0v) is 32.0. The third-order valence-corrected chi connectivity index (χ3v) is 9.90. The zero-order chi connectivity index (χ0) is 40.6. The summed E-state index contributed by atoms with van der Waals surface area (Å²) in [5.74, 6) is 0.502. The van der Waals surface area contributed by atoms with Crippen LogP contribution in [0.25, 0.3) is 33.9 Å². The summed E-state index contributed by atoms with van der Waals surface area (Å²) in [6.07, 6.45) is 6.82. The highest BCUT2D eigenvalue weighted by molar-refractivity contribution is 5.88. The van der Waals surface area contributed by atoms with Gasteiger partial charge < -0.3 is 40.3 Å². The molecular weight excluding hydrogens is 741 g/mol. The first-order chi connectivity index (χ1) is 28.2. The van der Waals surface area contributed by atoms with Crippen LogP contribution in [0, 0.1) is 0 Å². The Balaban J connectivity index is 0.990. The maximum absolute atomic E-state index is 13.9. The van der Waals surface area contributed by atoms with E-state index in [2.05, 4.69) is 45.9 Å². The third kappa shape index (κ3) is 8.70. The highest BCUT2D eigenvalue weighted by Gasteiger charge is 2.37. The lowest BCUT2D eigenvalue weighted by molar-refractivity contribution is -0.134. The van der Waals surface area contributed by atoms with Gasteiger partial charge in [-0.05, 0) is 36.5 Å². The number of aromatic amines is 2. The van der Waals surface area contributed by atoms with Gasteiger partial charge in [-0.1, -0.05) is 84.9 Å². The lowest BCUT2D eigenvalue weighted by atomic mass is 10.1. The van der Waals surface area contributed by atoms with Crippen LogP contribution in [-0.2, 0) is 19.1 Å². The summed E-state index contributed by atoms with van der Waals surface area (Å²) in [6.45, 7) is 2.32. The number of hydrogen-bond donors (Lipinski definition) is 5. The Morgan fingerprint density at radius 3 is 1.90 bits per heavy atom. The molecule has 4 atom stereocenters. The molecule has 3 aromatic heterocycles. The maximum Gasteiger partial charge on any atom is 0.407 e. The number of hydrogen-bond acceptors (Lipinski definition) is 10. The second-order valence-electron chi connectivity index (χ2n) is 13.6. The number of likely N-dealkylation sites (tertiary alicyclic amines) is 1. The fourth-order valence-electron chi connectivity index (χ4n) is 6.85. The Labute approximate surface area is 333 Å². The highest BCUT2D eigenvalue weighted by Crippen LogP contribution is 2.34. The second kappa shape index (κ2) is 17.6. The van der Waals surface area contributed by atoms with Gasteiger partial charge in [0.05, 0.1) is 68.2 Å². The van der Waals surface area contributed by atoms with Crippen molar-refractivity contribution in [3.05, 3.63) is 132 Å². The number of nitrogens with one attached hydrogen (secondary N) is 5. The predicted octanol–water partition coefficient (Wildman–Crippen LogP) is 5.96. The number of nitrogens with zero attached hydrogens (tertiary/aromatic N) is 5. The summed E-state index contributed by atoms with van der Waals surface area (Å²) in [5.41, 5.74) is 5.67. The zero-order valence-electron chi connectivity index (χ0n) is 32.0. The van der Waals surface area contributed by atoms with Crippen LogP contribution in [0.5, 0.6) is 0 Å². The van der Waals surface area contributed by atoms with Gasteiger partial charge in [0, 0.05) is 12.1 Å². The van der Waals surface area contributed by atoms with Crippen LogP contribution in [-0.4, -0.2) is 79.6 Å². The average Bonchev–Trinajstić information content (AvgIpc) is 4.07. The quantitative estimate of drug-likeness (QED) is 0.0984. The van der Waals surface area contributed by atoms with E-state index in [0.717, 1.165) is 23.2 Å². The van der Waals surface area contributed by atoms with Crippen molar-refractivity contribution in [2.45, 2.75) is 43.9 Å². The van der Waals surface area contributed by atoms with Gasteiger partial charge in [-0.2, -0.15) is 0 Å². The predicted molar refractivity (Wildman–Crippen MR) is 212 cm³/mol. The highest BCUT2D eigenvalue weighted by atomic mass is 16.5. The van der Waals surface area contributed by atoms with Gasteiger partial charge in [0.25, 0.3) is 5.91 Å². The molecule has 1 fully saturated rings. The molecule has 1 unspecified atom stereocenters. The number of rotatable bonds is 12. The van der Waals surface area contributed by atoms with Crippen molar-refractivity contribution in [1.29, 1.82) is 0 Å². The van der Waals surface area contributed by atoms with Crippen molar-refractivity contribution in [2.24, 2.45) is 0 Å². The molecule has 3 aromatic carbocycles. The van der Waals surface area contributed by atoms with Gasteiger partial charge in [0.1, 0.15) is 29.4 Å². The first-order valence-electron chi connectivity index (χ1n) is 18.6. The molecule has 0 radical (unpaired) electrons. The maximum atomic E-state index is 13.9. The topological polar surface area (TPSA) is 209 Å². The molecule has 4 amide bonds. The van der Waals surface area contributed by atoms with E-state index in [0.29, 0.717) is 52.8 Å². The monoisotopic (exact) mass is 782 g/mol. The smallest absolute Gasteiger partial charge is 0.407 e. The minimum atomic E-state index is -0.954. The number of ether oxygens (including phenoxy) is 2. The van der Waals surface area contributed by atoms with Crippen molar-refractivity contribution < 1.29 is 28.7 Å². The van der Waals surface area contributed by atoms with Crippen molar-refractivity contribution in [2.75, 3.05) is 20.8 Å². The number of methoxy groups -OCH3 is 2. The van der Waals surface area contributed by atoms with Crippen LogP contribution < -0.4 is 16.0 Å². The van der Waals surface area contributed by atoms with Crippen LogP contribution in [0.2, 0.25) is 0 Å². The first kappa shape index (κ1) is 38.9. The second-order valence-corrected chi connectivity index (χ2v) is 13.6. The molecule has 58 heavy (non-hydrogen) atoms. The van der Waals surface area contributed by atoms with E-state index in [1.165, 1.54) is 14.2 Å². The molecule has 16 nitrogen and oxygen atoms in total. The molecule has 0 saturated carbocycles. The average molecular weight is 783 g/mol. The molecule has 5 N–H and O–H groups in total. The van der Waals surface area contributed by atoms with Gasteiger partial charge in [0.2, 0.25) is 5.91 Å². The van der Waals surface area contributed by atoms with Crippen LogP contribution in [0.4, 0.5) is 9.59 Å². The summed E-state index contributed by atoms with van der Waals surface area (Å²) < 4.78 is 9.53. The normalized spacial score (nSPS) is 15.2. The fraction of sp³-hybridized carbons (Fsp3) is 0.238. The van der Waals surface area contributed by atoms with Crippen molar-refractivity contribution in [3.8, 4) is 33.9 Å². The Bertz CT molecular complexity index is 2350. The Morgan fingerprint density at radius 2 is 1.26 bits per heavy atom. The molecule has 296 valence electrons. The van der Waals surface area contributed by atoms with Crippen LogP contribution in [0.15, 0.2) is 110 Å². The van der Waals surface area contributed by atoms with Gasteiger partial charge in [0.15, 0.2) is 0 Å². The first-order valence-corrected chi connectivity index (χ1v) is 18.6. The number of aromatic nitrogens is 6. The standard InChI is InChI=1S/C42H42N10O6/c1-25(47-39(53)35(50-41(55)57-2)28-11-6-4-7-12-28)37-45-22-31(48-37)27-18-16-26(17-19-27)30-21-44-32(23-43-30)33-24-46-38(49-33)34-15-10-20-52(34)40(54)36(51-42(56)58-3)29-13-8-5-9-14-29/h4-9,11-14,16-19,21-25,34-36H,10,15,20H2,1-3H3,(H,45,48)(H,46,49)(H,47,53)(H,50,55)(H,51,56)/t25-,34-,35+,36?/m0/s1. The van der Waals surface area contributed by atoms with E-state index >= 15 is 0 Å². The van der Waals surface area contributed by atoms with Crippen LogP contribution >= 0.6 is 0 Å². The van der Waals surface area contributed by atoms with E-state index in [1.54, 1.807) is 73.0 Å². The summed E-state index contributed by atoms with van der Waals surface area (Å²) in [6, 6.07) is 23.1. The SMILES string of the molecule is COC(=O)NC(C(=O)N1CCC[C@H]1c1ncc(-c2cnc(-c3ccc(-c4cnc([C@H](C)NC(=O)[C@H](NC(=O)OC)c5ccccc5)[nH]4)cc3)cn2)[nH]1)c1ccccc1. The number of H-pyrrole nitrogens is 2. The molecule has 0 spiro atoms. The third-order valence-electron chi connectivity index (χ3n) is 9.90. The molecule has 0 bridgehead atoms. The molecule has 1 saturated heterocycles. The largest absolute Gasteiger partial charge is 0.453 e. The molecule has 7 rings (SSSR count). The number of carbonyl (C=O) groups excluding carboxylic acids is 4. The molecule has 16 heteroatoms. The van der Waals surface area contributed by atoms with E-state index in [1.807, 2.05) is 48.5 Å². The van der Waals surface area contributed by atoms with Crippen LogP contribution in [0.3, 0.4) is 0 Å². The van der Waals surface area contributed by atoms with Crippen LogP contribution in [0.1, 0.15) is 66.7 Å². The molecule has 4 heterocycles. The van der Waals surface area contributed by atoms with Gasteiger partial charge >= 0.3 is 12.2 Å². The Hall–Kier alpha value is -7.36. The minimum Gasteiger partial charge on any atom is -0.453 e. The van der Waals surface area contributed by atoms with E-state index in [9.17, 15) is 19.2 Å². The number of amides is 4. The van der Waals surface area contributed by atoms with Crippen molar-refractivity contribution in [1.82, 2.24) is 50.8 Å². The number of alkyl carbamates (subject to hydrolysis) is 2. The summed E-state index contributed by atoms with van der Waals surface area (Å²) in [5, 5.41) is 8.19. The lowest BCUT2D eigenvalue weighted by Gasteiger charge is -2.28. The Kier molecular flexibility index (Phi) is 11.8. The fourth-order valence-corrected chi connectivity index (χ4v) is 6.85. The Morgan fingerprint density at radius 1 is 0.672 bits per heavy atom. The van der Waals surface area contributed by atoms with E-state index in [4.69, 9.17) is 9.47 Å². The molecular formula is C42H42N10O6. The van der Waals surface area contributed by atoms with Gasteiger partial charge in [-0.25, -0.2) is 19.6 Å². The van der Waals surface area contributed by atoms with Crippen molar-refractivity contribution in [3.63, 3.8) is 0 Å².